The number of nitrogens with zero attached hydrogens (tertiary/aromatic N) is 3. The number of carbonyl (C=O) groups excluding carboxylic acids is 1. The third-order valence-electron chi connectivity index (χ3n) is 5.37. The highest BCUT2D eigenvalue weighted by Crippen LogP contribution is 2.43. The van der Waals surface area contributed by atoms with Crippen LogP contribution in [0.2, 0.25) is 0 Å². The fourth-order valence-corrected chi connectivity index (χ4v) is 3.63. The van der Waals surface area contributed by atoms with Crippen molar-refractivity contribution in [2.24, 2.45) is 10.5 Å². The molecule has 1 amide bonds. The van der Waals surface area contributed by atoms with Crippen molar-refractivity contribution in [2.75, 3.05) is 19.8 Å². The summed E-state index contributed by atoms with van der Waals surface area (Å²) >= 11 is 0. The smallest absolute Gasteiger partial charge is 0.407 e. The van der Waals surface area contributed by atoms with Gasteiger partial charge in [-0.25, -0.2) is 4.79 Å². The maximum atomic E-state index is 12.7. The van der Waals surface area contributed by atoms with Gasteiger partial charge in [-0.2, -0.15) is 0 Å². The Morgan fingerprint density at radius 1 is 1.10 bits per heavy atom. The van der Waals surface area contributed by atoms with Gasteiger partial charge in [-0.3, -0.25) is 0 Å². The molecular weight excluding hydrogens is 400 g/mol. The summed E-state index contributed by atoms with van der Waals surface area (Å²) in [5, 5.41) is 6.71. The lowest BCUT2D eigenvalue weighted by Crippen LogP contribution is -2.68. The molecule has 3 fully saturated rings. The predicted molar refractivity (Wildman–Crippen MR) is 111 cm³/mol. The fraction of sp³-hybridized carbons (Fsp3) is 0.409. The van der Waals surface area contributed by atoms with Gasteiger partial charge in [-0.1, -0.05) is 72.7 Å². The average Bonchev–Trinajstić information content (AvgIpc) is 2.82. The van der Waals surface area contributed by atoms with Crippen molar-refractivity contribution in [3.05, 3.63) is 82.2 Å². The number of nitrogens with one attached hydrogen (secondary N) is 1. The summed E-state index contributed by atoms with van der Waals surface area (Å²) in [6, 6.07) is 16.6. The van der Waals surface area contributed by atoms with Crippen LogP contribution in [-0.4, -0.2) is 37.9 Å². The van der Waals surface area contributed by atoms with Crippen LogP contribution in [0.5, 0.6) is 0 Å². The van der Waals surface area contributed by atoms with E-state index in [-0.39, 0.29) is 12.0 Å². The molecule has 0 radical (unpaired) electrons. The van der Waals surface area contributed by atoms with Gasteiger partial charge in [-0.15, -0.1) is 0 Å². The highest BCUT2D eigenvalue weighted by Gasteiger charge is 2.57. The van der Waals surface area contributed by atoms with Crippen LogP contribution in [-0.2, 0) is 25.6 Å². The van der Waals surface area contributed by atoms with Crippen molar-refractivity contribution in [1.82, 2.24) is 5.32 Å². The second kappa shape index (κ2) is 8.95. The van der Waals surface area contributed by atoms with Crippen LogP contribution in [0.4, 0.5) is 4.79 Å². The molecule has 31 heavy (non-hydrogen) atoms. The van der Waals surface area contributed by atoms with Crippen molar-refractivity contribution >= 4 is 6.09 Å². The van der Waals surface area contributed by atoms with E-state index in [1.165, 1.54) is 0 Å². The monoisotopic (exact) mass is 424 g/mol. The molecule has 162 valence electrons. The normalized spacial score (nSPS) is 26.4. The van der Waals surface area contributed by atoms with Gasteiger partial charge < -0.3 is 24.3 Å². The maximum absolute atomic E-state index is 12.7. The molecular formula is C22H24N4O5. The van der Waals surface area contributed by atoms with Crippen molar-refractivity contribution in [2.45, 2.75) is 31.6 Å². The number of azide groups is 1. The Morgan fingerprint density at radius 2 is 1.68 bits per heavy atom. The van der Waals surface area contributed by atoms with E-state index in [0.717, 1.165) is 5.56 Å². The van der Waals surface area contributed by atoms with Gasteiger partial charge in [0.05, 0.1) is 25.9 Å². The molecule has 0 spiro atoms. The SMILES string of the molecule is CC12COC([C@@H](NC(=O)OCc3ccccc3)[C@@H](N=[N+]=[N-])c3ccccc3)(OC1)OC2. The quantitative estimate of drug-likeness (QED) is 0.409. The number of carbonyl (C=O) groups is 1. The first-order valence-corrected chi connectivity index (χ1v) is 10.0. The summed E-state index contributed by atoms with van der Waals surface area (Å²) in [6.07, 6.45) is -0.702. The first-order valence-electron chi connectivity index (χ1n) is 10.0. The topological polar surface area (TPSA) is 115 Å². The van der Waals surface area contributed by atoms with Crippen LogP contribution in [0.15, 0.2) is 65.8 Å². The zero-order valence-corrected chi connectivity index (χ0v) is 17.1. The zero-order chi connectivity index (χ0) is 21.7. The number of ether oxygens (including phenoxy) is 4. The Kier molecular flexibility index (Phi) is 6.11. The lowest BCUT2D eigenvalue weighted by atomic mass is 9.89. The van der Waals surface area contributed by atoms with E-state index >= 15 is 0 Å². The molecule has 3 saturated heterocycles. The number of amides is 1. The fourth-order valence-electron chi connectivity index (χ4n) is 3.63. The number of rotatable bonds is 7. The van der Waals surface area contributed by atoms with E-state index in [0.29, 0.717) is 25.4 Å². The Bertz CT molecular complexity index is 924. The summed E-state index contributed by atoms with van der Waals surface area (Å²) in [4.78, 5) is 15.7. The molecule has 9 nitrogen and oxygen atoms in total. The highest BCUT2D eigenvalue weighted by molar-refractivity contribution is 5.68. The maximum Gasteiger partial charge on any atom is 0.407 e. The molecule has 3 heterocycles. The number of alkyl carbamates (subject to hydrolysis) is 1. The summed E-state index contributed by atoms with van der Waals surface area (Å²) in [6.45, 7) is 3.26. The molecule has 2 aromatic carbocycles. The van der Waals surface area contributed by atoms with Crippen LogP contribution in [0.25, 0.3) is 10.4 Å². The standard InChI is InChI=1S/C22H24N4O5/c1-21-13-29-22(30-14-21,31-15-21)19(18(25-26-23)17-10-6-3-7-11-17)24-20(27)28-12-16-8-4-2-5-9-16/h2-11,18-19H,12-15H2,1H3,(H,24,27)/t18-,19-,21?,22?/m0/s1. The Balaban J connectivity index is 1.59. The van der Waals surface area contributed by atoms with E-state index in [1.54, 1.807) is 12.1 Å². The molecule has 2 atom stereocenters. The van der Waals surface area contributed by atoms with Gasteiger partial charge in [0.1, 0.15) is 12.6 Å². The molecule has 5 rings (SSSR count). The molecule has 0 aromatic heterocycles. The Labute approximate surface area is 179 Å². The van der Waals surface area contributed by atoms with Crippen LogP contribution in [0.1, 0.15) is 24.1 Å². The van der Waals surface area contributed by atoms with Crippen molar-refractivity contribution in [1.29, 1.82) is 0 Å². The lowest BCUT2D eigenvalue weighted by molar-refractivity contribution is -0.475. The van der Waals surface area contributed by atoms with Gasteiger partial charge >= 0.3 is 12.1 Å². The van der Waals surface area contributed by atoms with Gasteiger partial charge in [0.2, 0.25) is 0 Å². The predicted octanol–water partition coefficient (Wildman–Crippen LogP) is 4.07. The minimum atomic E-state index is -1.59. The molecule has 3 aliphatic rings. The first-order chi connectivity index (χ1) is 15.0. The minimum Gasteiger partial charge on any atom is -0.445 e. The zero-order valence-electron chi connectivity index (χ0n) is 17.1. The van der Waals surface area contributed by atoms with Crippen LogP contribution in [0.3, 0.4) is 0 Å². The van der Waals surface area contributed by atoms with E-state index in [1.807, 2.05) is 55.5 Å². The largest absolute Gasteiger partial charge is 0.445 e. The summed E-state index contributed by atoms with van der Waals surface area (Å²) in [5.74, 6) is -1.59. The van der Waals surface area contributed by atoms with Gasteiger partial charge in [0.15, 0.2) is 0 Å². The van der Waals surface area contributed by atoms with Gasteiger partial charge in [-0.05, 0) is 16.7 Å². The third kappa shape index (κ3) is 4.65. The second-order valence-electron chi connectivity index (χ2n) is 8.02. The minimum absolute atomic E-state index is 0.0879. The first kappa shape index (κ1) is 21.1. The van der Waals surface area contributed by atoms with Crippen molar-refractivity contribution < 1.29 is 23.7 Å². The molecule has 0 unspecified atom stereocenters. The van der Waals surface area contributed by atoms with E-state index in [2.05, 4.69) is 15.3 Å². The van der Waals surface area contributed by atoms with Crippen LogP contribution in [0, 0.1) is 5.41 Å². The number of hydrogen-bond donors (Lipinski definition) is 1. The van der Waals surface area contributed by atoms with Crippen LogP contribution < -0.4 is 5.32 Å². The third-order valence-corrected chi connectivity index (χ3v) is 5.37. The van der Waals surface area contributed by atoms with Crippen molar-refractivity contribution in [3.8, 4) is 0 Å². The Hall–Kier alpha value is -3.10. The average molecular weight is 424 g/mol. The molecule has 1 N–H and O–H groups in total. The highest BCUT2D eigenvalue weighted by atomic mass is 16.9. The summed E-state index contributed by atoms with van der Waals surface area (Å²) < 4.78 is 23.2. The molecule has 0 saturated carbocycles. The number of benzene rings is 2. The Morgan fingerprint density at radius 3 is 2.26 bits per heavy atom. The molecule has 3 aliphatic heterocycles. The summed E-state index contributed by atoms with van der Waals surface area (Å²) in [7, 11) is 0. The molecule has 2 aromatic rings. The molecule has 9 heteroatoms. The van der Waals surface area contributed by atoms with E-state index in [4.69, 9.17) is 18.9 Å². The van der Waals surface area contributed by atoms with E-state index in [9.17, 15) is 10.3 Å². The molecule has 2 bridgehead atoms. The van der Waals surface area contributed by atoms with Crippen LogP contribution >= 0.6 is 0 Å². The van der Waals surface area contributed by atoms with Crippen molar-refractivity contribution in [3.63, 3.8) is 0 Å². The lowest BCUT2D eigenvalue weighted by Gasteiger charge is -2.53. The number of hydrogen-bond acceptors (Lipinski definition) is 6. The number of fused-ring (bicyclic) bond motifs is 3. The summed E-state index contributed by atoms with van der Waals surface area (Å²) in [5.41, 5.74) is 10.5. The van der Waals surface area contributed by atoms with Gasteiger partial charge in [0, 0.05) is 10.3 Å². The molecule has 0 aliphatic carbocycles. The second-order valence-corrected chi connectivity index (χ2v) is 8.02. The van der Waals surface area contributed by atoms with Gasteiger partial charge in [0.25, 0.3) is 0 Å². The van der Waals surface area contributed by atoms with E-state index < -0.39 is 24.2 Å².